The van der Waals surface area contributed by atoms with E-state index in [2.05, 4.69) is 15.6 Å². The zero-order valence-corrected chi connectivity index (χ0v) is 10.2. The highest BCUT2D eigenvalue weighted by Crippen LogP contribution is 2.16. The Morgan fingerprint density at radius 3 is 2.56 bits per heavy atom. The molecule has 18 heavy (non-hydrogen) atoms. The average Bonchev–Trinajstić information content (AvgIpc) is 2.73. The van der Waals surface area contributed by atoms with Gasteiger partial charge in [-0.3, -0.25) is 4.57 Å². The maximum Gasteiger partial charge on any atom is 0.166 e. The first-order valence-electron chi connectivity index (χ1n) is 5.94. The molecule has 0 aliphatic carbocycles. The van der Waals surface area contributed by atoms with Gasteiger partial charge < -0.3 is 4.74 Å². The molecule has 0 aliphatic heterocycles. The van der Waals surface area contributed by atoms with Gasteiger partial charge in [-0.2, -0.15) is 0 Å². The zero-order valence-electron chi connectivity index (χ0n) is 10.2. The molecule has 0 unspecified atom stereocenters. The lowest BCUT2D eigenvalue weighted by molar-refractivity contribution is 0.238. The summed E-state index contributed by atoms with van der Waals surface area (Å²) in [5.41, 5.74) is 2.11. The predicted octanol–water partition coefficient (Wildman–Crippen LogP) is 3.38. The van der Waals surface area contributed by atoms with Gasteiger partial charge in [0.15, 0.2) is 6.73 Å². The summed E-state index contributed by atoms with van der Waals surface area (Å²) in [6, 6.07) is 17.9. The molecule has 1 aromatic heterocycles. The minimum absolute atomic E-state index is 0.482. The predicted molar refractivity (Wildman–Crippen MR) is 71.5 cm³/mol. The van der Waals surface area contributed by atoms with Crippen LogP contribution in [0, 0.1) is 6.92 Å². The van der Waals surface area contributed by atoms with Crippen molar-refractivity contribution in [1.29, 1.82) is 0 Å². The van der Waals surface area contributed by atoms with Gasteiger partial charge in [0.05, 0.1) is 11.0 Å². The molecule has 0 atom stereocenters. The van der Waals surface area contributed by atoms with Crippen molar-refractivity contribution in [2.24, 2.45) is 0 Å². The van der Waals surface area contributed by atoms with Crippen molar-refractivity contribution in [2.45, 2.75) is 13.7 Å². The van der Waals surface area contributed by atoms with Crippen LogP contribution >= 0.6 is 0 Å². The number of imidazole rings is 1. The van der Waals surface area contributed by atoms with Crippen LogP contribution in [0.2, 0.25) is 0 Å². The first kappa shape index (κ1) is 10.8. The quantitative estimate of drug-likeness (QED) is 0.699. The maximum absolute atomic E-state index is 5.76. The van der Waals surface area contributed by atoms with Crippen molar-refractivity contribution < 1.29 is 4.74 Å². The SMILES string of the molecule is Cc1nc2ccccc2n1COc1ccccc1. The van der Waals surface area contributed by atoms with Crippen LogP contribution in [0.4, 0.5) is 0 Å². The number of hydrogen-bond donors (Lipinski definition) is 0. The maximum atomic E-state index is 5.76. The van der Waals surface area contributed by atoms with Crippen molar-refractivity contribution in [2.75, 3.05) is 0 Å². The second-order valence-corrected chi connectivity index (χ2v) is 4.16. The summed E-state index contributed by atoms with van der Waals surface area (Å²) >= 11 is 0. The van der Waals surface area contributed by atoms with E-state index in [9.17, 15) is 0 Å². The van der Waals surface area contributed by atoms with Crippen LogP contribution in [0.1, 0.15) is 5.82 Å². The Kier molecular flexibility index (Phi) is 2.73. The highest BCUT2D eigenvalue weighted by Gasteiger charge is 2.06. The molecule has 3 aromatic rings. The number of para-hydroxylation sites is 3. The van der Waals surface area contributed by atoms with E-state index in [1.165, 1.54) is 0 Å². The first-order valence-corrected chi connectivity index (χ1v) is 5.94. The molecule has 0 radical (unpaired) electrons. The van der Waals surface area contributed by atoms with E-state index >= 15 is 0 Å². The number of rotatable bonds is 3. The Bertz CT molecular complexity index is 659. The van der Waals surface area contributed by atoms with E-state index in [0.29, 0.717) is 6.73 Å². The van der Waals surface area contributed by atoms with E-state index in [-0.39, 0.29) is 0 Å². The lowest BCUT2D eigenvalue weighted by Crippen LogP contribution is -2.06. The van der Waals surface area contributed by atoms with Crippen LogP contribution in [-0.2, 0) is 6.73 Å². The van der Waals surface area contributed by atoms with E-state index in [1.807, 2.05) is 55.5 Å². The highest BCUT2D eigenvalue weighted by molar-refractivity contribution is 5.75. The molecule has 3 nitrogen and oxygen atoms in total. The molecule has 0 bridgehead atoms. The number of nitrogens with zero attached hydrogens (tertiary/aromatic N) is 2. The molecule has 1 heterocycles. The van der Waals surface area contributed by atoms with Crippen molar-refractivity contribution in [3.8, 4) is 5.75 Å². The number of aryl methyl sites for hydroxylation is 1. The van der Waals surface area contributed by atoms with Gasteiger partial charge >= 0.3 is 0 Å². The molecule has 0 spiro atoms. The fourth-order valence-corrected chi connectivity index (χ4v) is 2.01. The Balaban J connectivity index is 1.89. The third-order valence-corrected chi connectivity index (χ3v) is 2.95. The minimum Gasteiger partial charge on any atom is -0.473 e. The molecule has 2 aromatic carbocycles. The van der Waals surface area contributed by atoms with Gasteiger partial charge in [0.1, 0.15) is 11.6 Å². The summed E-state index contributed by atoms with van der Waals surface area (Å²) in [6.45, 7) is 2.48. The Labute approximate surface area is 106 Å². The molecule has 3 heteroatoms. The van der Waals surface area contributed by atoms with Gasteiger partial charge in [-0.25, -0.2) is 4.98 Å². The largest absolute Gasteiger partial charge is 0.473 e. The highest BCUT2D eigenvalue weighted by atomic mass is 16.5. The van der Waals surface area contributed by atoms with Gasteiger partial charge in [-0.15, -0.1) is 0 Å². The molecule has 0 saturated heterocycles. The topological polar surface area (TPSA) is 27.1 Å². The molecule has 0 amide bonds. The van der Waals surface area contributed by atoms with Crippen LogP contribution in [0.5, 0.6) is 5.75 Å². The lowest BCUT2D eigenvalue weighted by atomic mass is 10.3. The summed E-state index contributed by atoms with van der Waals surface area (Å²) in [5.74, 6) is 1.84. The van der Waals surface area contributed by atoms with Gasteiger partial charge in [-0.05, 0) is 31.2 Å². The van der Waals surface area contributed by atoms with Gasteiger partial charge in [0.25, 0.3) is 0 Å². The molecule has 0 aliphatic rings. The monoisotopic (exact) mass is 238 g/mol. The second kappa shape index (κ2) is 4.53. The first-order chi connectivity index (χ1) is 8.84. The minimum atomic E-state index is 0.482. The smallest absolute Gasteiger partial charge is 0.166 e. The molecule has 0 N–H and O–H groups in total. The fourth-order valence-electron chi connectivity index (χ4n) is 2.01. The molecule has 0 fully saturated rings. The molecular weight excluding hydrogens is 224 g/mol. The number of aromatic nitrogens is 2. The van der Waals surface area contributed by atoms with Crippen molar-refractivity contribution in [1.82, 2.24) is 9.55 Å². The molecular formula is C15H14N2O. The molecule has 0 saturated carbocycles. The number of ether oxygens (including phenoxy) is 1. The zero-order chi connectivity index (χ0) is 12.4. The van der Waals surface area contributed by atoms with Crippen LogP contribution in [0.25, 0.3) is 11.0 Å². The van der Waals surface area contributed by atoms with Crippen LogP contribution in [0.3, 0.4) is 0 Å². The van der Waals surface area contributed by atoms with Crippen LogP contribution in [-0.4, -0.2) is 9.55 Å². The van der Waals surface area contributed by atoms with Crippen LogP contribution < -0.4 is 4.74 Å². The number of fused-ring (bicyclic) bond motifs is 1. The van der Waals surface area contributed by atoms with Crippen molar-refractivity contribution in [3.05, 3.63) is 60.4 Å². The fraction of sp³-hybridized carbons (Fsp3) is 0.133. The normalized spacial score (nSPS) is 10.7. The second-order valence-electron chi connectivity index (χ2n) is 4.16. The van der Waals surface area contributed by atoms with E-state index in [4.69, 9.17) is 4.74 Å². The summed E-state index contributed by atoms with van der Waals surface area (Å²) in [4.78, 5) is 4.51. The van der Waals surface area contributed by atoms with E-state index in [1.54, 1.807) is 0 Å². The van der Waals surface area contributed by atoms with E-state index < -0.39 is 0 Å². The Morgan fingerprint density at radius 1 is 1.00 bits per heavy atom. The standard InChI is InChI=1S/C15H14N2O/c1-12-16-14-9-5-6-10-15(14)17(12)11-18-13-7-3-2-4-8-13/h2-10H,11H2,1H3. The number of benzene rings is 2. The van der Waals surface area contributed by atoms with Crippen molar-refractivity contribution >= 4 is 11.0 Å². The lowest BCUT2D eigenvalue weighted by Gasteiger charge is -2.09. The summed E-state index contributed by atoms with van der Waals surface area (Å²) in [6.07, 6.45) is 0. The Morgan fingerprint density at radius 2 is 1.72 bits per heavy atom. The Hall–Kier alpha value is -2.29. The van der Waals surface area contributed by atoms with Gasteiger partial charge in [-0.1, -0.05) is 30.3 Å². The van der Waals surface area contributed by atoms with Crippen molar-refractivity contribution in [3.63, 3.8) is 0 Å². The van der Waals surface area contributed by atoms with E-state index in [0.717, 1.165) is 22.6 Å². The van der Waals surface area contributed by atoms with Gasteiger partial charge in [0.2, 0.25) is 0 Å². The summed E-state index contributed by atoms with van der Waals surface area (Å²) < 4.78 is 7.83. The summed E-state index contributed by atoms with van der Waals surface area (Å²) in [5, 5.41) is 0. The average molecular weight is 238 g/mol. The van der Waals surface area contributed by atoms with Gasteiger partial charge in [0, 0.05) is 0 Å². The third kappa shape index (κ3) is 1.95. The van der Waals surface area contributed by atoms with Crippen LogP contribution in [0.15, 0.2) is 54.6 Å². The summed E-state index contributed by atoms with van der Waals surface area (Å²) in [7, 11) is 0. The third-order valence-electron chi connectivity index (χ3n) is 2.95. The number of hydrogen-bond acceptors (Lipinski definition) is 2. The molecule has 90 valence electrons. The molecule has 3 rings (SSSR count).